The molecule has 80 valence electrons. The minimum atomic E-state index is 0.0441. The average molecular weight is 201 g/mol. The molecule has 1 heterocycles. The SMILES string of the molecule is Cc1cc(COCCOCCO)no1. The van der Waals surface area contributed by atoms with E-state index >= 15 is 0 Å². The molecule has 14 heavy (non-hydrogen) atoms. The predicted octanol–water partition coefficient (Wildman–Crippen LogP) is 0.509. The van der Waals surface area contributed by atoms with Crippen LogP contribution in [0.1, 0.15) is 11.5 Å². The summed E-state index contributed by atoms with van der Waals surface area (Å²) in [7, 11) is 0. The summed E-state index contributed by atoms with van der Waals surface area (Å²) >= 11 is 0. The number of aliphatic hydroxyl groups is 1. The third kappa shape index (κ3) is 4.36. The lowest BCUT2D eigenvalue weighted by Crippen LogP contribution is -2.07. The van der Waals surface area contributed by atoms with Gasteiger partial charge in [-0.3, -0.25) is 0 Å². The molecule has 1 rings (SSSR count). The third-order valence-corrected chi connectivity index (χ3v) is 1.53. The van der Waals surface area contributed by atoms with Crippen molar-refractivity contribution >= 4 is 0 Å². The van der Waals surface area contributed by atoms with Crippen LogP contribution in [0.4, 0.5) is 0 Å². The molecule has 0 amide bonds. The summed E-state index contributed by atoms with van der Waals surface area (Å²) in [6, 6.07) is 1.83. The van der Waals surface area contributed by atoms with Gasteiger partial charge in [0.25, 0.3) is 0 Å². The Kier molecular flexibility index (Phi) is 5.21. The van der Waals surface area contributed by atoms with E-state index in [2.05, 4.69) is 5.16 Å². The monoisotopic (exact) mass is 201 g/mol. The number of aryl methyl sites for hydroxylation is 1. The van der Waals surface area contributed by atoms with E-state index in [1.165, 1.54) is 0 Å². The van der Waals surface area contributed by atoms with Gasteiger partial charge in [-0.25, -0.2) is 0 Å². The Bertz CT molecular complexity index is 249. The third-order valence-electron chi connectivity index (χ3n) is 1.53. The van der Waals surface area contributed by atoms with Crippen LogP contribution in [0, 0.1) is 6.92 Å². The number of rotatable bonds is 7. The summed E-state index contributed by atoms with van der Waals surface area (Å²) in [5.74, 6) is 0.778. The second-order valence-electron chi connectivity index (χ2n) is 2.82. The Morgan fingerprint density at radius 1 is 1.36 bits per heavy atom. The lowest BCUT2D eigenvalue weighted by molar-refractivity contribution is 0.0259. The molecule has 0 bridgehead atoms. The number of hydrogen-bond acceptors (Lipinski definition) is 5. The van der Waals surface area contributed by atoms with Gasteiger partial charge in [-0.2, -0.15) is 0 Å². The van der Waals surface area contributed by atoms with Gasteiger partial charge in [0.2, 0.25) is 0 Å². The van der Waals surface area contributed by atoms with Gasteiger partial charge in [-0.05, 0) is 6.92 Å². The normalized spacial score (nSPS) is 10.7. The summed E-state index contributed by atoms with van der Waals surface area (Å²) in [5.41, 5.74) is 0.782. The van der Waals surface area contributed by atoms with Crippen molar-refractivity contribution in [2.75, 3.05) is 26.4 Å². The van der Waals surface area contributed by atoms with Crippen molar-refractivity contribution in [2.24, 2.45) is 0 Å². The van der Waals surface area contributed by atoms with E-state index in [-0.39, 0.29) is 6.61 Å². The number of aromatic nitrogens is 1. The van der Waals surface area contributed by atoms with Crippen molar-refractivity contribution in [1.82, 2.24) is 5.16 Å². The highest BCUT2D eigenvalue weighted by Gasteiger charge is 1.99. The summed E-state index contributed by atoms with van der Waals surface area (Å²) < 4.78 is 15.1. The second-order valence-corrected chi connectivity index (χ2v) is 2.82. The van der Waals surface area contributed by atoms with Gasteiger partial charge in [0.1, 0.15) is 11.5 Å². The Balaban J connectivity index is 1.99. The molecule has 0 radical (unpaired) electrons. The van der Waals surface area contributed by atoms with Crippen LogP contribution in [-0.4, -0.2) is 36.7 Å². The quantitative estimate of drug-likeness (QED) is 0.651. The number of ether oxygens (including phenoxy) is 2. The maximum atomic E-state index is 8.42. The maximum Gasteiger partial charge on any atom is 0.134 e. The molecule has 1 aromatic rings. The average Bonchev–Trinajstić information content (AvgIpc) is 2.58. The van der Waals surface area contributed by atoms with Crippen LogP contribution in [0.2, 0.25) is 0 Å². The molecule has 0 aliphatic heterocycles. The first-order valence-corrected chi connectivity index (χ1v) is 4.51. The highest BCUT2D eigenvalue weighted by molar-refractivity contribution is 5.01. The van der Waals surface area contributed by atoms with E-state index in [4.69, 9.17) is 19.1 Å². The second kappa shape index (κ2) is 6.53. The minimum absolute atomic E-state index is 0.0441. The molecule has 0 aromatic carbocycles. The van der Waals surface area contributed by atoms with Crippen molar-refractivity contribution in [1.29, 1.82) is 0 Å². The van der Waals surface area contributed by atoms with Crippen LogP contribution in [0.5, 0.6) is 0 Å². The van der Waals surface area contributed by atoms with E-state index in [1.54, 1.807) is 0 Å². The Labute approximate surface area is 82.6 Å². The first-order valence-electron chi connectivity index (χ1n) is 4.51. The van der Waals surface area contributed by atoms with Crippen LogP contribution in [0.3, 0.4) is 0 Å². The summed E-state index contributed by atoms with van der Waals surface area (Å²) in [5, 5.41) is 12.2. The summed E-state index contributed by atoms with van der Waals surface area (Å²) in [4.78, 5) is 0. The maximum absolute atomic E-state index is 8.42. The number of hydrogen-bond donors (Lipinski definition) is 1. The molecule has 0 aliphatic carbocycles. The largest absolute Gasteiger partial charge is 0.394 e. The van der Waals surface area contributed by atoms with Crippen molar-refractivity contribution in [3.05, 3.63) is 17.5 Å². The zero-order valence-electron chi connectivity index (χ0n) is 8.23. The van der Waals surface area contributed by atoms with Crippen LogP contribution in [0.15, 0.2) is 10.6 Å². The lowest BCUT2D eigenvalue weighted by Gasteiger charge is -2.02. The van der Waals surface area contributed by atoms with Crippen LogP contribution in [0.25, 0.3) is 0 Å². The van der Waals surface area contributed by atoms with Gasteiger partial charge in [0.05, 0.1) is 33.0 Å². The number of nitrogens with zero attached hydrogens (tertiary/aromatic N) is 1. The molecule has 0 unspecified atom stereocenters. The topological polar surface area (TPSA) is 64.7 Å². The minimum Gasteiger partial charge on any atom is -0.394 e. The lowest BCUT2D eigenvalue weighted by atomic mass is 10.4. The Morgan fingerprint density at radius 3 is 2.79 bits per heavy atom. The molecule has 0 saturated carbocycles. The molecule has 0 saturated heterocycles. The van der Waals surface area contributed by atoms with E-state index in [1.807, 2.05) is 13.0 Å². The fourth-order valence-electron chi connectivity index (χ4n) is 0.947. The molecule has 1 aromatic heterocycles. The van der Waals surface area contributed by atoms with Crippen molar-refractivity contribution in [3.63, 3.8) is 0 Å². The van der Waals surface area contributed by atoms with Gasteiger partial charge in [0.15, 0.2) is 0 Å². The zero-order valence-corrected chi connectivity index (χ0v) is 8.23. The van der Waals surface area contributed by atoms with Gasteiger partial charge >= 0.3 is 0 Å². The van der Waals surface area contributed by atoms with Gasteiger partial charge < -0.3 is 19.1 Å². The highest BCUT2D eigenvalue weighted by atomic mass is 16.5. The standard InChI is InChI=1S/C9H15NO4/c1-8-6-9(10-14-8)7-13-5-4-12-3-2-11/h6,11H,2-5,7H2,1H3. The fraction of sp³-hybridized carbons (Fsp3) is 0.667. The van der Waals surface area contributed by atoms with Crippen molar-refractivity contribution in [2.45, 2.75) is 13.5 Å². The van der Waals surface area contributed by atoms with E-state index < -0.39 is 0 Å². The summed E-state index contributed by atoms with van der Waals surface area (Å²) in [6.45, 7) is 3.64. The smallest absolute Gasteiger partial charge is 0.134 e. The molecule has 0 atom stereocenters. The van der Waals surface area contributed by atoms with Gasteiger partial charge in [-0.1, -0.05) is 5.16 Å². The molecular formula is C9H15NO4. The van der Waals surface area contributed by atoms with Crippen molar-refractivity contribution < 1.29 is 19.1 Å². The van der Waals surface area contributed by atoms with Gasteiger partial charge in [-0.15, -0.1) is 0 Å². The van der Waals surface area contributed by atoms with Crippen molar-refractivity contribution in [3.8, 4) is 0 Å². The highest BCUT2D eigenvalue weighted by Crippen LogP contribution is 2.02. The Morgan fingerprint density at radius 2 is 2.14 bits per heavy atom. The van der Waals surface area contributed by atoms with Crippen LogP contribution >= 0.6 is 0 Å². The molecule has 0 spiro atoms. The number of aliphatic hydroxyl groups excluding tert-OH is 1. The van der Waals surface area contributed by atoms with E-state index in [0.717, 1.165) is 11.5 Å². The molecular weight excluding hydrogens is 186 g/mol. The summed E-state index contributed by atoms with van der Waals surface area (Å²) in [6.07, 6.45) is 0. The first kappa shape index (κ1) is 11.2. The fourth-order valence-corrected chi connectivity index (χ4v) is 0.947. The molecule has 1 N–H and O–H groups in total. The van der Waals surface area contributed by atoms with E-state index in [9.17, 15) is 0 Å². The van der Waals surface area contributed by atoms with Gasteiger partial charge in [0, 0.05) is 6.07 Å². The molecule has 5 heteroatoms. The van der Waals surface area contributed by atoms with E-state index in [0.29, 0.717) is 26.4 Å². The van der Waals surface area contributed by atoms with Crippen LogP contribution in [-0.2, 0) is 16.1 Å². The molecule has 0 aliphatic rings. The van der Waals surface area contributed by atoms with Crippen LogP contribution < -0.4 is 0 Å². The zero-order chi connectivity index (χ0) is 10.2. The molecule has 5 nitrogen and oxygen atoms in total. The Hall–Kier alpha value is -0.910. The molecule has 0 fully saturated rings. The first-order chi connectivity index (χ1) is 6.83. The predicted molar refractivity (Wildman–Crippen MR) is 48.8 cm³/mol.